The molecule has 1 N–H and O–H groups in total. The second kappa shape index (κ2) is 5.85. The van der Waals surface area contributed by atoms with E-state index >= 15 is 0 Å². The quantitative estimate of drug-likeness (QED) is 0.540. The van der Waals surface area contributed by atoms with Gasteiger partial charge < -0.3 is 9.52 Å². The van der Waals surface area contributed by atoms with E-state index in [1.807, 2.05) is 30.3 Å². The molecule has 6 nitrogen and oxygen atoms in total. The number of hydrogen-bond donors (Lipinski definition) is 1. The van der Waals surface area contributed by atoms with Crippen LogP contribution in [0.4, 0.5) is 5.69 Å². The van der Waals surface area contributed by atoms with Crippen LogP contribution in [0.5, 0.6) is 0 Å². The van der Waals surface area contributed by atoms with Crippen LogP contribution in [0, 0.1) is 10.1 Å². The third kappa shape index (κ3) is 2.70. The maximum atomic E-state index is 11.1. The van der Waals surface area contributed by atoms with Gasteiger partial charge >= 0.3 is 11.7 Å². The molecule has 3 rings (SSSR count). The summed E-state index contributed by atoms with van der Waals surface area (Å²) in [5.74, 6) is -0.672. The van der Waals surface area contributed by atoms with Gasteiger partial charge in [-0.15, -0.1) is 0 Å². The van der Waals surface area contributed by atoms with Gasteiger partial charge in [-0.2, -0.15) is 0 Å². The Kier molecular flexibility index (Phi) is 3.87. The minimum Gasteiger partial charge on any atom is -0.481 e. The van der Waals surface area contributed by atoms with Crippen molar-refractivity contribution in [2.45, 2.75) is 6.42 Å². The van der Waals surface area contributed by atoms with Crippen molar-refractivity contribution in [2.24, 2.45) is 0 Å². The number of hydrogen-bond acceptors (Lipinski definition) is 4. The molecule has 23 heavy (non-hydrogen) atoms. The molecule has 116 valence electrons. The minimum absolute atomic E-state index is 0.186. The first-order valence-electron chi connectivity index (χ1n) is 6.63. The summed E-state index contributed by atoms with van der Waals surface area (Å²) in [5, 5.41) is 20.1. The average molecular weight is 376 g/mol. The van der Waals surface area contributed by atoms with E-state index < -0.39 is 10.9 Å². The predicted octanol–water partition coefficient (Wildman–Crippen LogP) is 4.35. The fourth-order valence-electron chi connectivity index (χ4n) is 2.51. The zero-order chi connectivity index (χ0) is 16.6. The van der Waals surface area contributed by atoms with Crippen LogP contribution in [0.1, 0.15) is 5.56 Å². The summed E-state index contributed by atoms with van der Waals surface area (Å²) in [6, 6.07) is 10.6. The summed E-state index contributed by atoms with van der Waals surface area (Å²) in [6.45, 7) is 0. The van der Waals surface area contributed by atoms with Gasteiger partial charge in [0.15, 0.2) is 6.26 Å². The van der Waals surface area contributed by atoms with Gasteiger partial charge in [-0.3, -0.25) is 14.9 Å². The van der Waals surface area contributed by atoms with E-state index in [9.17, 15) is 14.9 Å². The molecule has 7 heteroatoms. The van der Waals surface area contributed by atoms with Crippen LogP contribution in [0.3, 0.4) is 0 Å². The van der Waals surface area contributed by atoms with Crippen molar-refractivity contribution in [1.82, 2.24) is 0 Å². The summed E-state index contributed by atoms with van der Waals surface area (Å²) in [4.78, 5) is 21.6. The molecule has 1 aromatic rings. The molecule has 1 aromatic carbocycles. The number of carbonyl (C=O) groups is 1. The standard InChI is InChI=1S/C16H10BrNO5/c17-15-12(7-13(19)20)16-11(6-10(8-23-16)18(21)22)14(15)9-4-2-1-3-5-9/h1-6,8H,7H2,(H,19,20). The van der Waals surface area contributed by atoms with Crippen molar-refractivity contribution in [1.29, 1.82) is 0 Å². The van der Waals surface area contributed by atoms with E-state index in [0.717, 1.165) is 11.8 Å². The first-order valence-corrected chi connectivity index (χ1v) is 7.42. The van der Waals surface area contributed by atoms with Crippen LogP contribution in [0.15, 0.2) is 51.6 Å². The summed E-state index contributed by atoms with van der Waals surface area (Å²) < 4.78 is 5.96. The number of fused-ring (bicyclic) bond motifs is 1. The summed E-state index contributed by atoms with van der Waals surface area (Å²) in [7, 11) is 0. The molecule has 0 spiro atoms. The molecule has 0 radical (unpaired) electrons. The lowest BCUT2D eigenvalue weighted by molar-refractivity contribution is -0.385. The minimum atomic E-state index is -1.01. The van der Waals surface area contributed by atoms with Gasteiger partial charge in [0.05, 0.1) is 11.3 Å². The number of halogens is 1. The fraction of sp³-hybridized carbons (Fsp3) is 0.0625. The lowest BCUT2D eigenvalue weighted by atomic mass is 10.0. The van der Waals surface area contributed by atoms with Gasteiger partial charge in [0, 0.05) is 27.2 Å². The molecule has 1 aliphatic heterocycles. The topological polar surface area (TPSA) is 93.6 Å². The monoisotopic (exact) mass is 375 g/mol. The summed E-state index contributed by atoms with van der Waals surface area (Å²) >= 11 is 3.43. The molecule has 0 amide bonds. The average Bonchev–Trinajstić information content (AvgIpc) is 2.79. The van der Waals surface area contributed by atoms with Crippen LogP contribution >= 0.6 is 15.9 Å². The van der Waals surface area contributed by atoms with E-state index in [4.69, 9.17) is 9.52 Å². The number of carboxylic acids is 1. The molecule has 0 atom stereocenters. The SMILES string of the molecule is O=C(O)Cc1c2occ([N+](=O)[O-])cc-2c(-c2ccccc2)c1Br. The van der Waals surface area contributed by atoms with Crippen LogP contribution in [-0.2, 0) is 11.2 Å². The Bertz CT molecular complexity index is 872. The number of rotatable bonds is 4. The van der Waals surface area contributed by atoms with Crippen molar-refractivity contribution in [3.05, 3.63) is 62.8 Å². The van der Waals surface area contributed by atoms with Crippen molar-refractivity contribution in [3.63, 3.8) is 0 Å². The van der Waals surface area contributed by atoms with Gasteiger partial charge in [0.25, 0.3) is 0 Å². The number of benzene rings is 1. The number of carboxylic acid groups (broad SMARTS) is 1. The third-order valence-corrected chi connectivity index (χ3v) is 4.34. The summed E-state index contributed by atoms with van der Waals surface area (Å²) in [5.41, 5.74) is 2.28. The normalized spacial score (nSPS) is 10.8. The molecule has 2 aliphatic rings. The lowest BCUT2D eigenvalue weighted by Gasteiger charge is -2.04. The molecular weight excluding hydrogens is 366 g/mol. The third-order valence-electron chi connectivity index (χ3n) is 3.46. The second-order valence-corrected chi connectivity index (χ2v) is 5.70. The van der Waals surface area contributed by atoms with E-state index in [1.54, 1.807) is 0 Å². The zero-order valence-corrected chi connectivity index (χ0v) is 13.2. The molecule has 1 heterocycles. The molecule has 0 bridgehead atoms. The zero-order valence-electron chi connectivity index (χ0n) is 11.7. The Balaban J connectivity index is 2.32. The first kappa shape index (κ1) is 15.2. The maximum absolute atomic E-state index is 11.1. The highest BCUT2D eigenvalue weighted by molar-refractivity contribution is 9.10. The van der Waals surface area contributed by atoms with Crippen molar-refractivity contribution in [2.75, 3.05) is 0 Å². The molecule has 0 fully saturated rings. The van der Waals surface area contributed by atoms with E-state index in [-0.39, 0.29) is 12.1 Å². The predicted molar refractivity (Wildman–Crippen MR) is 86.5 cm³/mol. The van der Waals surface area contributed by atoms with Gasteiger partial charge in [0.2, 0.25) is 0 Å². The Hall–Kier alpha value is -2.67. The van der Waals surface area contributed by atoms with Crippen molar-refractivity contribution < 1.29 is 19.2 Å². The molecular formula is C16H10BrNO5. The number of aliphatic carboxylic acids is 1. The van der Waals surface area contributed by atoms with Crippen molar-refractivity contribution >= 4 is 27.6 Å². The fourth-order valence-corrected chi connectivity index (χ4v) is 3.27. The van der Waals surface area contributed by atoms with Gasteiger partial charge in [0.1, 0.15) is 5.76 Å². The highest BCUT2D eigenvalue weighted by Crippen LogP contribution is 2.47. The highest BCUT2D eigenvalue weighted by atomic mass is 79.9. The molecule has 0 saturated carbocycles. The van der Waals surface area contributed by atoms with Gasteiger partial charge in [-0.05, 0) is 21.5 Å². The largest absolute Gasteiger partial charge is 0.481 e. The molecule has 0 aromatic heterocycles. The van der Waals surface area contributed by atoms with Crippen molar-refractivity contribution in [3.8, 4) is 22.5 Å². The molecule has 1 aliphatic carbocycles. The van der Waals surface area contributed by atoms with Crippen LogP contribution in [-0.4, -0.2) is 16.0 Å². The van der Waals surface area contributed by atoms with Gasteiger partial charge in [-0.1, -0.05) is 30.3 Å². The van der Waals surface area contributed by atoms with Crippen LogP contribution < -0.4 is 0 Å². The maximum Gasteiger partial charge on any atom is 0.308 e. The number of nitro groups is 1. The van der Waals surface area contributed by atoms with Gasteiger partial charge in [-0.25, -0.2) is 0 Å². The summed E-state index contributed by atoms with van der Waals surface area (Å²) in [6.07, 6.45) is 0.778. The Morgan fingerprint density at radius 1 is 1.30 bits per heavy atom. The number of nitrogens with zero attached hydrogens (tertiary/aromatic N) is 1. The van der Waals surface area contributed by atoms with E-state index in [2.05, 4.69) is 15.9 Å². The Labute approximate surface area is 139 Å². The lowest BCUT2D eigenvalue weighted by Crippen LogP contribution is -2.00. The smallest absolute Gasteiger partial charge is 0.308 e. The Morgan fingerprint density at radius 3 is 2.61 bits per heavy atom. The second-order valence-electron chi connectivity index (χ2n) is 4.91. The Morgan fingerprint density at radius 2 is 2.00 bits per heavy atom. The van der Waals surface area contributed by atoms with Crippen LogP contribution in [0.2, 0.25) is 0 Å². The first-order chi connectivity index (χ1) is 11.0. The van der Waals surface area contributed by atoms with Crippen LogP contribution in [0.25, 0.3) is 22.5 Å². The molecule has 0 unspecified atom stereocenters. The van der Waals surface area contributed by atoms with E-state index in [0.29, 0.717) is 26.9 Å². The molecule has 0 saturated heterocycles. The highest BCUT2D eigenvalue weighted by Gasteiger charge is 2.28. The van der Waals surface area contributed by atoms with E-state index in [1.165, 1.54) is 6.07 Å².